The van der Waals surface area contributed by atoms with Crippen LogP contribution >= 0.6 is 0 Å². The van der Waals surface area contributed by atoms with Gasteiger partial charge in [0.1, 0.15) is 0 Å². The molecule has 1 aliphatic rings. The largest absolute Gasteiger partial charge is 0.416 e. The van der Waals surface area contributed by atoms with E-state index in [4.69, 9.17) is 0 Å². The molecule has 1 aromatic heterocycles. The zero-order valence-corrected chi connectivity index (χ0v) is 12.9. The van der Waals surface area contributed by atoms with Gasteiger partial charge in [-0.1, -0.05) is 23.4 Å². The zero-order chi connectivity index (χ0) is 17.2. The molecular formula is C16H17F3N4O. The normalized spacial score (nSPS) is 18.1. The summed E-state index contributed by atoms with van der Waals surface area (Å²) in [6.07, 6.45) is 0.213. The highest BCUT2D eigenvalue weighted by Gasteiger charge is 2.35. The van der Waals surface area contributed by atoms with E-state index in [0.717, 1.165) is 18.9 Å². The minimum absolute atomic E-state index is 0.0152. The number of halogens is 3. The molecule has 0 radical (unpaired) electrons. The first-order valence-electron chi connectivity index (χ1n) is 7.74. The highest BCUT2D eigenvalue weighted by atomic mass is 19.4. The SMILES string of the molecule is O=C(Cc1ccccc1C(F)(F)F)N1CCC[C@H]1Cn1ccnn1. The highest BCUT2D eigenvalue weighted by molar-refractivity contribution is 5.79. The van der Waals surface area contributed by atoms with E-state index >= 15 is 0 Å². The van der Waals surface area contributed by atoms with Gasteiger partial charge in [0.2, 0.25) is 5.91 Å². The number of carbonyl (C=O) groups excluding carboxylic acids is 1. The van der Waals surface area contributed by atoms with E-state index in [1.165, 1.54) is 18.2 Å². The van der Waals surface area contributed by atoms with E-state index in [2.05, 4.69) is 10.3 Å². The molecule has 1 aromatic carbocycles. The lowest BCUT2D eigenvalue weighted by molar-refractivity contribution is -0.138. The molecule has 24 heavy (non-hydrogen) atoms. The molecular weight excluding hydrogens is 321 g/mol. The van der Waals surface area contributed by atoms with Crippen molar-refractivity contribution in [3.63, 3.8) is 0 Å². The molecule has 1 fully saturated rings. The molecule has 3 rings (SSSR count). The van der Waals surface area contributed by atoms with Crippen molar-refractivity contribution in [2.45, 2.75) is 38.0 Å². The number of aromatic nitrogens is 3. The van der Waals surface area contributed by atoms with Crippen molar-refractivity contribution in [2.75, 3.05) is 6.54 Å². The summed E-state index contributed by atoms with van der Waals surface area (Å²) >= 11 is 0. The number of rotatable bonds is 4. The van der Waals surface area contributed by atoms with Crippen LogP contribution in [0.5, 0.6) is 0 Å². The number of carbonyl (C=O) groups is 1. The summed E-state index contributed by atoms with van der Waals surface area (Å²) in [5.74, 6) is -0.283. The Morgan fingerprint density at radius 3 is 2.79 bits per heavy atom. The number of alkyl halides is 3. The maximum absolute atomic E-state index is 13.1. The Balaban J connectivity index is 1.73. The van der Waals surface area contributed by atoms with E-state index < -0.39 is 11.7 Å². The van der Waals surface area contributed by atoms with Crippen molar-refractivity contribution in [1.82, 2.24) is 19.9 Å². The van der Waals surface area contributed by atoms with Gasteiger partial charge >= 0.3 is 6.18 Å². The summed E-state index contributed by atoms with van der Waals surface area (Å²) in [5, 5.41) is 7.61. The second kappa shape index (κ2) is 6.62. The van der Waals surface area contributed by atoms with Crippen LogP contribution in [0.2, 0.25) is 0 Å². The number of hydrogen-bond acceptors (Lipinski definition) is 3. The maximum Gasteiger partial charge on any atom is 0.416 e. The van der Waals surface area contributed by atoms with Crippen molar-refractivity contribution >= 4 is 5.91 Å². The van der Waals surface area contributed by atoms with Gasteiger partial charge in [-0.25, -0.2) is 0 Å². The number of hydrogen-bond donors (Lipinski definition) is 0. The first-order valence-corrected chi connectivity index (χ1v) is 7.74. The number of nitrogens with zero attached hydrogens (tertiary/aromatic N) is 4. The summed E-state index contributed by atoms with van der Waals surface area (Å²) in [4.78, 5) is 14.2. The van der Waals surface area contributed by atoms with E-state index in [1.54, 1.807) is 22.0 Å². The molecule has 1 saturated heterocycles. The third-order valence-electron chi connectivity index (χ3n) is 4.23. The van der Waals surface area contributed by atoms with E-state index in [0.29, 0.717) is 13.1 Å². The maximum atomic E-state index is 13.1. The number of benzene rings is 1. The van der Waals surface area contributed by atoms with Gasteiger partial charge in [0.15, 0.2) is 0 Å². The fraction of sp³-hybridized carbons (Fsp3) is 0.438. The molecule has 2 heterocycles. The van der Waals surface area contributed by atoms with Gasteiger partial charge in [-0.2, -0.15) is 13.2 Å². The van der Waals surface area contributed by atoms with Crippen molar-refractivity contribution in [3.05, 3.63) is 47.8 Å². The average molecular weight is 338 g/mol. The zero-order valence-electron chi connectivity index (χ0n) is 12.9. The van der Waals surface area contributed by atoms with Crippen LogP contribution in [0, 0.1) is 0 Å². The van der Waals surface area contributed by atoms with Crippen LogP contribution in [0.3, 0.4) is 0 Å². The molecule has 0 spiro atoms. The number of likely N-dealkylation sites (tertiary alicyclic amines) is 1. The molecule has 0 bridgehead atoms. The second-order valence-electron chi connectivity index (χ2n) is 5.84. The standard InChI is InChI=1S/C16H17F3N4O/c17-16(18,19)14-6-2-1-4-12(14)10-15(24)23-8-3-5-13(23)11-22-9-7-20-21-22/h1-2,4,6-7,9,13H,3,5,8,10-11H2/t13-/m0/s1. The third-order valence-corrected chi connectivity index (χ3v) is 4.23. The summed E-state index contributed by atoms with van der Waals surface area (Å²) < 4.78 is 40.8. The van der Waals surface area contributed by atoms with E-state index in [1.807, 2.05) is 0 Å². The Hall–Kier alpha value is -2.38. The summed E-state index contributed by atoms with van der Waals surface area (Å²) in [7, 11) is 0. The molecule has 1 aliphatic heterocycles. The third kappa shape index (κ3) is 3.58. The predicted octanol–water partition coefficient (Wildman–Crippen LogP) is 2.53. The minimum Gasteiger partial charge on any atom is -0.338 e. The Bertz CT molecular complexity index is 700. The highest BCUT2D eigenvalue weighted by Crippen LogP contribution is 2.32. The molecule has 0 aliphatic carbocycles. The first kappa shape index (κ1) is 16.5. The molecule has 0 saturated carbocycles. The van der Waals surface area contributed by atoms with Crippen molar-refractivity contribution in [1.29, 1.82) is 0 Å². The van der Waals surface area contributed by atoms with Crippen molar-refractivity contribution < 1.29 is 18.0 Å². The van der Waals surface area contributed by atoms with Gasteiger partial charge in [-0.15, -0.1) is 5.10 Å². The van der Waals surface area contributed by atoms with Gasteiger partial charge in [-0.3, -0.25) is 9.48 Å². The van der Waals surface area contributed by atoms with Crippen LogP contribution in [0.25, 0.3) is 0 Å². The van der Waals surface area contributed by atoms with Gasteiger partial charge in [0, 0.05) is 12.7 Å². The van der Waals surface area contributed by atoms with Gasteiger partial charge in [0.25, 0.3) is 0 Å². The van der Waals surface area contributed by atoms with Crippen LogP contribution in [0.15, 0.2) is 36.7 Å². The average Bonchev–Trinajstić information content (AvgIpc) is 3.19. The lowest BCUT2D eigenvalue weighted by atomic mass is 10.0. The monoisotopic (exact) mass is 338 g/mol. The van der Waals surface area contributed by atoms with Crippen molar-refractivity contribution in [2.24, 2.45) is 0 Å². The molecule has 128 valence electrons. The summed E-state index contributed by atoms with van der Waals surface area (Å²) in [6, 6.07) is 5.18. The fourth-order valence-electron chi connectivity index (χ4n) is 3.12. The van der Waals surface area contributed by atoms with Crippen LogP contribution in [0.4, 0.5) is 13.2 Å². The lowest BCUT2D eigenvalue weighted by Crippen LogP contribution is -2.39. The van der Waals surface area contributed by atoms with Gasteiger partial charge < -0.3 is 4.90 Å². The van der Waals surface area contributed by atoms with E-state index in [9.17, 15) is 18.0 Å². The summed E-state index contributed by atoms with van der Waals surface area (Å²) in [5.41, 5.74) is -0.730. The molecule has 2 aromatic rings. The lowest BCUT2D eigenvalue weighted by Gasteiger charge is -2.25. The van der Waals surface area contributed by atoms with Gasteiger partial charge in [0.05, 0.1) is 30.8 Å². The molecule has 5 nitrogen and oxygen atoms in total. The number of amides is 1. The second-order valence-corrected chi connectivity index (χ2v) is 5.84. The smallest absolute Gasteiger partial charge is 0.338 e. The molecule has 8 heteroatoms. The predicted molar refractivity (Wildman–Crippen MR) is 79.9 cm³/mol. The minimum atomic E-state index is -4.46. The Morgan fingerprint density at radius 2 is 2.08 bits per heavy atom. The molecule has 1 atom stereocenters. The quantitative estimate of drug-likeness (QED) is 0.861. The van der Waals surface area contributed by atoms with Gasteiger partial charge in [-0.05, 0) is 24.5 Å². The Labute approximate surface area is 137 Å². The summed E-state index contributed by atoms with van der Waals surface area (Å²) in [6.45, 7) is 1.07. The van der Waals surface area contributed by atoms with Crippen LogP contribution < -0.4 is 0 Å². The molecule has 0 unspecified atom stereocenters. The van der Waals surface area contributed by atoms with Crippen molar-refractivity contribution in [3.8, 4) is 0 Å². The van der Waals surface area contributed by atoms with Crippen LogP contribution in [-0.4, -0.2) is 38.4 Å². The fourth-order valence-corrected chi connectivity index (χ4v) is 3.12. The Morgan fingerprint density at radius 1 is 1.29 bits per heavy atom. The van der Waals surface area contributed by atoms with E-state index in [-0.39, 0.29) is 23.9 Å². The molecule has 1 amide bonds. The Kier molecular flexibility index (Phi) is 4.55. The molecule has 0 N–H and O–H groups in total. The van der Waals surface area contributed by atoms with Crippen LogP contribution in [0.1, 0.15) is 24.0 Å². The topological polar surface area (TPSA) is 51.0 Å². The first-order chi connectivity index (χ1) is 11.4. The van der Waals surface area contributed by atoms with Crippen LogP contribution in [-0.2, 0) is 23.9 Å².